The number of rotatable bonds is 3. The topological polar surface area (TPSA) is 33.1 Å². The monoisotopic (exact) mass is 237 g/mol. The highest BCUT2D eigenvalue weighted by atomic mass is 32.1. The van der Waals surface area contributed by atoms with E-state index in [0.29, 0.717) is 0 Å². The standard InChI is InChI=1S/C12H12FNOS/c1-8(6-15)11-7-16-12(14-11)9-3-2-4-10(13)5-9/h2-5,7-8,15H,6H2,1H3. The van der Waals surface area contributed by atoms with Crippen molar-refractivity contribution in [1.29, 1.82) is 0 Å². The molecule has 2 rings (SSSR count). The van der Waals surface area contributed by atoms with Gasteiger partial charge in [-0.05, 0) is 12.1 Å². The minimum absolute atomic E-state index is 0.0264. The van der Waals surface area contributed by atoms with E-state index >= 15 is 0 Å². The van der Waals surface area contributed by atoms with Gasteiger partial charge in [-0.3, -0.25) is 0 Å². The zero-order chi connectivity index (χ0) is 11.5. The van der Waals surface area contributed by atoms with E-state index in [0.717, 1.165) is 16.3 Å². The molecule has 0 radical (unpaired) electrons. The molecular formula is C12H12FNOS. The number of nitrogens with zero attached hydrogens (tertiary/aromatic N) is 1. The molecule has 0 saturated heterocycles. The number of aromatic nitrogens is 1. The molecule has 1 atom stereocenters. The summed E-state index contributed by atoms with van der Waals surface area (Å²) >= 11 is 1.47. The summed E-state index contributed by atoms with van der Waals surface area (Å²) in [5.74, 6) is -0.233. The second-order valence-electron chi connectivity index (χ2n) is 3.67. The molecule has 84 valence electrons. The summed E-state index contributed by atoms with van der Waals surface area (Å²) in [4.78, 5) is 4.38. The molecular weight excluding hydrogens is 225 g/mol. The van der Waals surface area contributed by atoms with Crippen LogP contribution in [0.1, 0.15) is 18.5 Å². The fourth-order valence-electron chi connectivity index (χ4n) is 1.36. The van der Waals surface area contributed by atoms with Crippen LogP contribution in [0.25, 0.3) is 10.6 Å². The highest BCUT2D eigenvalue weighted by Gasteiger charge is 2.10. The Morgan fingerprint density at radius 3 is 3.00 bits per heavy atom. The molecule has 0 spiro atoms. The van der Waals surface area contributed by atoms with Gasteiger partial charge >= 0.3 is 0 Å². The molecule has 1 unspecified atom stereocenters. The summed E-state index contributed by atoms with van der Waals surface area (Å²) in [5, 5.41) is 11.7. The molecule has 1 N–H and O–H groups in total. The van der Waals surface area contributed by atoms with Gasteiger partial charge in [0.2, 0.25) is 0 Å². The van der Waals surface area contributed by atoms with Crippen molar-refractivity contribution in [2.45, 2.75) is 12.8 Å². The van der Waals surface area contributed by atoms with Gasteiger partial charge in [-0.1, -0.05) is 19.1 Å². The van der Waals surface area contributed by atoms with Crippen molar-refractivity contribution < 1.29 is 9.50 Å². The highest BCUT2D eigenvalue weighted by Crippen LogP contribution is 2.27. The van der Waals surface area contributed by atoms with Crippen molar-refractivity contribution >= 4 is 11.3 Å². The lowest BCUT2D eigenvalue weighted by Gasteiger charge is -2.01. The SMILES string of the molecule is CC(CO)c1csc(-c2cccc(F)c2)n1. The Bertz CT molecular complexity index is 483. The van der Waals surface area contributed by atoms with Crippen LogP contribution in [0, 0.1) is 5.82 Å². The van der Waals surface area contributed by atoms with E-state index in [1.165, 1.54) is 23.5 Å². The summed E-state index contributed by atoms with van der Waals surface area (Å²) in [6, 6.07) is 6.37. The first kappa shape index (κ1) is 11.2. The van der Waals surface area contributed by atoms with Crippen LogP contribution in [0.15, 0.2) is 29.6 Å². The van der Waals surface area contributed by atoms with E-state index in [2.05, 4.69) is 4.98 Å². The maximum Gasteiger partial charge on any atom is 0.123 e. The second kappa shape index (κ2) is 4.72. The van der Waals surface area contributed by atoms with Gasteiger partial charge in [0.15, 0.2) is 0 Å². The maximum absolute atomic E-state index is 13.0. The molecule has 0 aliphatic heterocycles. The number of hydrogen-bond donors (Lipinski definition) is 1. The predicted molar refractivity (Wildman–Crippen MR) is 63.0 cm³/mol. The van der Waals surface area contributed by atoms with Gasteiger partial charge in [0.1, 0.15) is 10.8 Å². The van der Waals surface area contributed by atoms with Crippen LogP contribution >= 0.6 is 11.3 Å². The zero-order valence-electron chi connectivity index (χ0n) is 8.85. The van der Waals surface area contributed by atoms with Crippen molar-refractivity contribution in [3.63, 3.8) is 0 Å². The lowest BCUT2D eigenvalue weighted by molar-refractivity contribution is 0.271. The molecule has 4 heteroatoms. The van der Waals surface area contributed by atoms with Gasteiger partial charge in [-0.25, -0.2) is 9.37 Å². The third kappa shape index (κ3) is 2.28. The maximum atomic E-state index is 13.0. The van der Waals surface area contributed by atoms with E-state index in [-0.39, 0.29) is 18.3 Å². The first-order valence-electron chi connectivity index (χ1n) is 5.03. The van der Waals surface area contributed by atoms with Gasteiger partial charge in [0, 0.05) is 16.9 Å². The molecule has 2 aromatic rings. The van der Waals surface area contributed by atoms with Crippen molar-refractivity contribution in [2.75, 3.05) is 6.61 Å². The van der Waals surface area contributed by atoms with Crippen molar-refractivity contribution in [3.05, 3.63) is 41.2 Å². The highest BCUT2D eigenvalue weighted by molar-refractivity contribution is 7.13. The molecule has 1 aromatic heterocycles. The summed E-state index contributed by atoms with van der Waals surface area (Å²) in [6.45, 7) is 1.98. The van der Waals surface area contributed by atoms with E-state index < -0.39 is 0 Å². The molecule has 2 nitrogen and oxygen atoms in total. The van der Waals surface area contributed by atoms with Crippen LogP contribution in [-0.2, 0) is 0 Å². The third-order valence-corrected chi connectivity index (χ3v) is 3.28. The fraction of sp³-hybridized carbons (Fsp3) is 0.250. The molecule has 0 amide bonds. The second-order valence-corrected chi connectivity index (χ2v) is 4.53. The Morgan fingerprint density at radius 2 is 2.31 bits per heavy atom. The average Bonchev–Trinajstić information content (AvgIpc) is 2.77. The lowest BCUT2D eigenvalue weighted by Crippen LogP contribution is -1.98. The zero-order valence-corrected chi connectivity index (χ0v) is 9.67. The quantitative estimate of drug-likeness (QED) is 0.890. The van der Waals surface area contributed by atoms with Crippen LogP contribution < -0.4 is 0 Å². The number of hydrogen-bond acceptors (Lipinski definition) is 3. The predicted octanol–water partition coefficient (Wildman–Crippen LogP) is 3.05. The van der Waals surface area contributed by atoms with Crippen molar-refractivity contribution in [1.82, 2.24) is 4.98 Å². The van der Waals surface area contributed by atoms with Gasteiger partial charge in [-0.2, -0.15) is 0 Å². The van der Waals surface area contributed by atoms with Crippen LogP contribution in [-0.4, -0.2) is 16.7 Å². The van der Waals surface area contributed by atoms with Crippen molar-refractivity contribution in [2.24, 2.45) is 0 Å². The summed E-state index contributed by atoms with van der Waals surface area (Å²) in [5.41, 5.74) is 1.63. The smallest absolute Gasteiger partial charge is 0.123 e. The van der Waals surface area contributed by atoms with E-state index in [1.807, 2.05) is 18.4 Å². The molecule has 1 heterocycles. The first-order chi connectivity index (χ1) is 7.70. The Kier molecular flexibility index (Phi) is 3.31. The van der Waals surface area contributed by atoms with E-state index in [4.69, 9.17) is 5.11 Å². The molecule has 16 heavy (non-hydrogen) atoms. The minimum atomic E-state index is -0.260. The largest absolute Gasteiger partial charge is 0.396 e. The molecule has 1 aromatic carbocycles. The Morgan fingerprint density at radius 1 is 1.50 bits per heavy atom. The number of aliphatic hydroxyl groups excluding tert-OH is 1. The average molecular weight is 237 g/mol. The van der Waals surface area contributed by atoms with Gasteiger partial charge < -0.3 is 5.11 Å². The Labute approximate surface area is 97.4 Å². The van der Waals surface area contributed by atoms with Crippen LogP contribution in [0.3, 0.4) is 0 Å². The van der Waals surface area contributed by atoms with Crippen LogP contribution in [0.4, 0.5) is 4.39 Å². The normalized spacial score (nSPS) is 12.7. The Balaban J connectivity index is 2.31. The van der Waals surface area contributed by atoms with Gasteiger partial charge in [0.25, 0.3) is 0 Å². The number of benzene rings is 1. The molecule has 0 aliphatic rings. The van der Waals surface area contributed by atoms with Crippen LogP contribution in [0.5, 0.6) is 0 Å². The summed E-state index contributed by atoms with van der Waals surface area (Å²) in [7, 11) is 0. The fourth-order valence-corrected chi connectivity index (χ4v) is 2.30. The Hall–Kier alpha value is -1.26. The van der Waals surface area contributed by atoms with Gasteiger partial charge in [0.05, 0.1) is 12.3 Å². The lowest BCUT2D eigenvalue weighted by atomic mass is 10.1. The molecule has 0 fully saturated rings. The third-order valence-electron chi connectivity index (χ3n) is 2.37. The summed E-state index contributed by atoms with van der Waals surface area (Å²) in [6.07, 6.45) is 0. The number of aliphatic hydroxyl groups is 1. The van der Waals surface area contributed by atoms with Gasteiger partial charge in [-0.15, -0.1) is 11.3 Å². The summed E-state index contributed by atoms with van der Waals surface area (Å²) < 4.78 is 13.0. The number of halogens is 1. The molecule has 0 aliphatic carbocycles. The minimum Gasteiger partial charge on any atom is -0.396 e. The molecule has 0 bridgehead atoms. The van der Waals surface area contributed by atoms with Crippen LogP contribution in [0.2, 0.25) is 0 Å². The van der Waals surface area contributed by atoms with E-state index in [9.17, 15) is 4.39 Å². The molecule has 0 saturated carbocycles. The number of thiazole rings is 1. The first-order valence-corrected chi connectivity index (χ1v) is 5.91. The van der Waals surface area contributed by atoms with Crippen molar-refractivity contribution in [3.8, 4) is 10.6 Å². The van der Waals surface area contributed by atoms with E-state index in [1.54, 1.807) is 6.07 Å².